The average molecular weight is 412 g/mol. The molecule has 0 saturated heterocycles. The average Bonchev–Trinajstić information content (AvgIpc) is 3.43. The fraction of sp³-hybridized carbons (Fsp3) is 0.393. The van der Waals surface area contributed by atoms with Gasteiger partial charge in [0.1, 0.15) is 11.4 Å². The zero-order chi connectivity index (χ0) is 21.0. The van der Waals surface area contributed by atoms with Crippen molar-refractivity contribution in [1.29, 1.82) is 0 Å². The second-order valence-corrected chi connectivity index (χ2v) is 9.73. The van der Waals surface area contributed by atoms with Crippen molar-refractivity contribution in [3.8, 4) is 17.0 Å². The summed E-state index contributed by atoms with van der Waals surface area (Å²) in [5.41, 5.74) is 6.67. The van der Waals surface area contributed by atoms with Gasteiger partial charge in [0, 0.05) is 11.6 Å². The lowest BCUT2D eigenvalue weighted by Gasteiger charge is -2.50. The summed E-state index contributed by atoms with van der Waals surface area (Å²) in [7, 11) is 1.76. The van der Waals surface area contributed by atoms with Gasteiger partial charge in [0.2, 0.25) is 0 Å². The minimum Gasteiger partial charge on any atom is -0.497 e. The van der Waals surface area contributed by atoms with Crippen LogP contribution in [0.25, 0.3) is 16.8 Å². The summed E-state index contributed by atoms with van der Waals surface area (Å²) >= 11 is 0. The summed E-state index contributed by atoms with van der Waals surface area (Å²) in [6.07, 6.45) is 8.49. The van der Waals surface area contributed by atoms with Gasteiger partial charge in [0.25, 0.3) is 0 Å². The van der Waals surface area contributed by atoms with E-state index in [4.69, 9.17) is 9.26 Å². The van der Waals surface area contributed by atoms with Crippen LogP contribution in [-0.2, 0) is 6.42 Å². The quantitative estimate of drug-likeness (QED) is 0.470. The van der Waals surface area contributed by atoms with Crippen LogP contribution in [0.5, 0.6) is 5.75 Å². The third-order valence-electron chi connectivity index (χ3n) is 8.36. The van der Waals surface area contributed by atoms with E-state index in [1.54, 1.807) is 12.7 Å². The molecular weight excluding hydrogens is 382 g/mol. The maximum atomic E-state index is 5.90. The van der Waals surface area contributed by atoms with E-state index in [-0.39, 0.29) is 5.41 Å². The first-order chi connectivity index (χ1) is 15.2. The summed E-state index contributed by atoms with van der Waals surface area (Å²) in [6, 6.07) is 19.2. The molecule has 1 fully saturated rings. The molecule has 0 aliphatic heterocycles. The smallest absolute Gasteiger partial charge is 0.163 e. The number of nitrogens with zero attached hydrogens (tertiary/aromatic N) is 1. The number of hydrogen-bond donors (Lipinski definition) is 0. The summed E-state index contributed by atoms with van der Waals surface area (Å²) in [4.78, 5) is 0. The highest BCUT2D eigenvalue weighted by Gasteiger charge is 2.52. The Morgan fingerprint density at radius 1 is 1.06 bits per heavy atom. The normalized spacial score (nSPS) is 29.0. The molecule has 158 valence electrons. The van der Waals surface area contributed by atoms with Crippen molar-refractivity contribution in [2.24, 2.45) is 17.3 Å². The van der Waals surface area contributed by atoms with Gasteiger partial charge in [-0.2, -0.15) is 0 Å². The van der Waals surface area contributed by atoms with Crippen molar-refractivity contribution >= 4 is 5.57 Å². The van der Waals surface area contributed by atoms with Crippen molar-refractivity contribution in [2.45, 2.75) is 44.9 Å². The van der Waals surface area contributed by atoms with Gasteiger partial charge in [-0.05, 0) is 84.1 Å². The van der Waals surface area contributed by atoms with E-state index < -0.39 is 0 Å². The topological polar surface area (TPSA) is 35.3 Å². The molecule has 1 heterocycles. The highest BCUT2D eigenvalue weighted by Crippen LogP contribution is 2.63. The van der Waals surface area contributed by atoms with E-state index >= 15 is 0 Å². The number of hydrogen-bond acceptors (Lipinski definition) is 3. The number of aryl methyl sites for hydroxylation is 1. The Balaban J connectivity index is 1.29. The lowest BCUT2D eigenvalue weighted by Crippen LogP contribution is -2.40. The maximum Gasteiger partial charge on any atom is 0.163 e. The van der Waals surface area contributed by atoms with E-state index in [1.165, 1.54) is 30.4 Å². The summed E-state index contributed by atoms with van der Waals surface area (Å²) in [5.74, 6) is 4.05. The van der Waals surface area contributed by atoms with E-state index in [1.807, 2.05) is 18.2 Å². The second kappa shape index (κ2) is 7.12. The molecule has 0 spiro atoms. The first kappa shape index (κ1) is 18.9. The van der Waals surface area contributed by atoms with Gasteiger partial charge in [0.15, 0.2) is 5.76 Å². The van der Waals surface area contributed by atoms with Crippen LogP contribution in [0.1, 0.15) is 55.4 Å². The lowest BCUT2D eigenvalue weighted by molar-refractivity contribution is 0.0872. The summed E-state index contributed by atoms with van der Waals surface area (Å²) in [6.45, 7) is 2.47. The predicted molar refractivity (Wildman–Crippen MR) is 123 cm³/mol. The molecule has 0 radical (unpaired) electrons. The summed E-state index contributed by atoms with van der Waals surface area (Å²) < 4.78 is 11.4. The largest absolute Gasteiger partial charge is 0.497 e. The Labute approximate surface area is 184 Å². The zero-order valence-corrected chi connectivity index (χ0v) is 18.3. The van der Waals surface area contributed by atoms with Crippen LogP contribution in [-0.4, -0.2) is 12.3 Å². The van der Waals surface area contributed by atoms with Gasteiger partial charge in [0.05, 0.1) is 7.11 Å². The molecule has 3 heteroatoms. The van der Waals surface area contributed by atoms with Crippen LogP contribution >= 0.6 is 0 Å². The zero-order valence-electron chi connectivity index (χ0n) is 18.3. The molecule has 0 N–H and O–H groups in total. The Kier molecular flexibility index (Phi) is 4.34. The minimum atomic E-state index is 0.179. The van der Waals surface area contributed by atoms with Crippen LogP contribution in [0, 0.1) is 17.3 Å². The predicted octanol–water partition coefficient (Wildman–Crippen LogP) is 6.90. The number of fused-ring (bicyclic) bond motifs is 5. The van der Waals surface area contributed by atoms with E-state index in [2.05, 4.69) is 54.6 Å². The molecule has 0 unspecified atom stereocenters. The van der Waals surface area contributed by atoms with Crippen molar-refractivity contribution in [3.63, 3.8) is 0 Å². The highest BCUT2D eigenvalue weighted by atomic mass is 16.5. The van der Waals surface area contributed by atoms with Gasteiger partial charge >= 0.3 is 0 Å². The minimum absolute atomic E-state index is 0.179. The Morgan fingerprint density at radius 2 is 1.94 bits per heavy atom. The highest BCUT2D eigenvalue weighted by molar-refractivity contribution is 5.73. The van der Waals surface area contributed by atoms with Crippen LogP contribution in [0.4, 0.5) is 0 Å². The first-order valence-corrected chi connectivity index (χ1v) is 11.6. The van der Waals surface area contributed by atoms with Crippen LogP contribution in [0.2, 0.25) is 0 Å². The lowest BCUT2D eigenvalue weighted by atomic mass is 9.54. The third-order valence-corrected chi connectivity index (χ3v) is 8.36. The van der Waals surface area contributed by atoms with E-state index in [0.717, 1.165) is 41.5 Å². The molecule has 2 aromatic carbocycles. The Bertz CT molecular complexity index is 1140. The molecule has 6 rings (SSSR count). The van der Waals surface area contributed by atoms with E-state index in [9.17, 15) is 0 Å². The fourth-order valence-corrected chi connectivity index (χ4v) is 6.78. The molecule has 3 aliphatic carbocycles. The fourth-order valence-electron chi connectivity index (χ4n) is 6.78. The maximum absolute atomic E-state index is 5.90. The van der Waals surface area contributed by atoms with E-state index in [0.29, 0.717) is 11.8 Å². The number of allylic oxidation sites excluding steroid dienone is 2. The van der Waals surface area contributed by atoms with Crippen LogP contribution in [0.3, 0.4) is 0 Å². The van der Waals surface area contributed by atoms with Gasteiger partial charge in [-0.1, -0.05) is 54.6 Å². The van der Waals surface area contributed by atoms with Gasteiger partial charge in [-0.3, -0.25) is 0 Å². The van der Waals surface area contributed by atoms with Crippen LogP contribution in [0.15, 0.2) is 65.2 Å². The molecule has 0 bridgehead atoms. The number of ether oxygens (including phenoxy) is 1. The SMILES string of the molecule is COc1ccc2c(c1)CC[C@@H]1[C@@H]2CC[C@]2(C)C(c3cc(-c4ccccc4)no3)=CC[C@@H]12. The van der Waals surface area contributed by atoms with Crippen LogP contribution < -0.4 is 4.74 Å². The first-order valence-electron chi connectivity index (χ1n) is 11.6. The van der Waals surface area contributed by atoms with Crippen molar-refractivity contribution in [2.75, 3.05) is 7.11 Å². The van der Waals surface area contributed by atoms with Crippen molar-refractivity contribution < 1.29 is 9.26 Å². The Morgan fingerprint density at radius 3 is 2.77 bits per heavy atom. The van der Waals surface area contributed by atoms with Gasteiger partial charge < -0.3 is 9.26 Å². The number of aromatic nitrogens is 1. The molecule has 0 amide bonds. The number of methoxy groups -OCH3 is 1. The molecule has 3 nitrogen and oxygen atoms in total. The van der Waals surface area contributed by atoms with Gasteiger partial charge in [-0.25, -0.2) is 0 Å². The number of rotatable bonds is 3. The Hall–Kier alpha value is -2.81. The molecule has 4 atom stereocenters. The van der Waals surface area contributed by atoms with Gasteiger partial charge in [-0.15, -0.1) is 0 Å². The molecular formula is C28H29NO2. The third kappa shape index (κ3) is 2.90. The molecule has 1 aromatic heterocycles. The monoisotopic (exact) mass is 411 g/mol. The number of benzene rings is 2. The van der Waals surface area contributed by atoms with Crippen molar-refractivity contribution in [1.82, 2.24) is 5.16 Å². The standard InChI is InChI=1S/C28H29NO2/c1-28-15-14-22-21-11-9-20(30-2)16-19(21)8-10-23(22)24(28)12-13-25(28)27-17-26(29-31-27)18-6-4-3-5-7-18/h3-7,9,11,13,16-17,22-24H,8,10,12,14-15H2,1-2H3/t22-,23-,24+,28+/m1/s1. The second-order valence-electron chi connectivity index (χ2n) is 9.73. The molecule has 1 saturated carbocycles. The molecule has 31 heavy (non-hydrogen) atoms. The molecule has 3 aliphatic rings. The molecule has 3 aromatic rings. The summed E-state index contributed by atoms with van der Waals surface area (Å²) in [5, 5.41) is 4.40. The van der Waals surface area contributed by atoms with Crippen molar-refractivity contribution in [3.05, 3.63) is 77.6 Å².